The van der Waals surface area contributed by atoms with Gasteiger partial charge in [0, 0.05) is 18.1 Å². The van der Waals surface area contributed by atoms with E-state index in [-0.39, 0.29) is 24.2 Å². The third-order valence-corrected chi connectivity index (χ3v) is 5.08. The lowest BCUT2D eigenvalue weighted by molar-refractivity contribution is 0.188. The minimum atomic E-state index is -0.238. The molecule has 24 heavy (non-hydrogen) atoms. The van der Waals surface area contributed by atoms with E-state index in [1.54, 1.807) is 11.9 Å². The Labute approximate surface area is 148 Å². The van der Waals surface area contributed by atoms with Crippen LogP contribution in [0.15, 0.2) is 29.3 Å². The number of hydrogen-bond acceptors (Lipinski definition) is 3. The smallest absolute Gasteiger partial charge is 0.326 e. The Morgan fingerprint density at radius 3 is 2.54 bits per heavy atom. The quantitative estimate of drug-likeness (QED) is 0.872. The first-order valence-electron chi connectivity index (χ1n) is 8.59. The van der Waals surface area contributed by atoms with Gasteiger partial charge in [0.15, 0.2) is 0 Å². The predicted molar refractivity (Wildman–Crippen MR) is 95.3 cm³/mol. The number of carbonyl (C=O) groups is 1. The van der Waals surface area contributed by atoms with E-state index in [1.165, 1.54) is 19.3 Å². The van der Waals surface area contributed by atoms with Gasteiger partial charge >= 0.3 is 6.03 Å². The van der Waals surface area contributed by atoms with Crippen LogP contribution in [0.5, 0.6) is 0 Å². The molecule has 1 aromatic carbocycles. The molecule has 1 aliphatic heterocycles. The van der Waals surface area contributed by atoms with Crippen molar-refractivity contribution in [3.05, 3.63) is 34.9 Å². The molecule has 6 heteroatoms. The highest BCUT2D eigenvalue weighted by molar-refractivity contribution is 6.30. The summed E-state index contributed by atoms with van der Waals surface area (Å²) in [6, 6.07) is 7.90. The highest BCUT2D eigenvalue weighted by Crippen LogP contribution is 2.33. The molecule has 2 fully saturated rings. The van der Waals surface area contributed by atoms with Crippen LogP contribution in [0.4, 0.5) is 4.79 Å². The highest BCUT2D eigenvalue weighted by atomic mass is 35.5. The average molecular weight is 350 g/mol. The second-order valence-corrected chi connectivity index (χ2v) is 6.93. The molecule has 1 saturated carbocycles. The first kappa shape index (κ1) is 17.1. The van der Waals surface area contributed by atoms with Gasteiger partial charge in [0.25, 0.3) is 6.02 Å². The summed E-state index contributed by atoms with van der Waals surface area (Å²) < 4.78 is 5.94. The van der Waals surface area contributed by atoms with Crippen LogP contribution in [-0.4, -0.2) is 36.1 Å². The van der Waals surface area contributed by atoms with Crippen molar-refractivity contribution in [3.63, 3.8) is 0 Å². The minimum absolute atomic E-state index is 0.119. The van der Waals surface area contributed by atoms with Crippen molar-refractivity contribution in [2.45, 2.75) is 57.2 Å². The number of nitrogens with zero attached hydrogens (tertiary/aromatic N) is 2. The summed E-state index contributed by atoms with van der Waals surface area (Å²) in [7, 11) is 1.65. The average Bonchev–Trinajstić information content (AvgIpc) is 2.93. The van der Waals surface area contributed by atoms with E-state index in [0.29, 0.717) is 11.0 Å². The molecule has 5 nitrogen and oxygen atoms in total. The third kappa shape index (κ3) is 3.51. The van der Waals surface area contributed by atoms with E-state index in [2.05, 4.69) is 10.3 Å². The Balaban J connectivity index is 1.74. The first-order chi connectivity index (χ1) is 11.6. The maximum absolute atomic E-state index is 12.8. The number of halogens is 1. The molecule has 1 heterocycles. The monoisotopic (exact) mass is 349 g/mol. The van der Waals surface area contributed by atoms with E-state index in [1.807, 2.05) is 31.2 Å². The lowest BCUT2D eigenvalue weighted by Crippen LogP contribution is -2.49. The van der Waals surface area contributed by atoms with Gasteiger partial charge in [0.2, 0.25) is 0 Å². The van der Waals surface area contributed by atoms with Gasteiger partial charge in [-0.15, -0.1) is 0 Å². The van der Waals surface area contributed by atoms with E-state index < -0.39 is 0 Å². The van der Waals surface area contributed by atoms with Crippen LogP contribution in [0.1, 0.15) is 50.7 Å². The lowest BCUT2D eigenvalue weighted by Gasteiger charge is -2.27. The fraction of sp³-hybridized carbons (Fsp3) is 0.556. The molecule has 1 aromatic rings. The van der Waals surface area contributed by atoms with Crippen molar-refractivity contribution in [2.75, 3.05) is 7.05 Å². The van der Waals surface area contributed by atoms with Gasteiger partial charge in [-0.25, -0.2) is 14.7 Å². The number of nitrogens with one attached hydrogen (secondary N) is 1. The number of benzene rings is 1. The van der Waals surface area contributed by atoms with Gasteiger partial charge in [0.05, 0.1) is 6.04 Å². The minimum Gasteiger partial charge on any atom is -0.454 e. The van der Waals surface area contributed by atoms with Crippen molar-refractivity contribution in [2.24, 2.45) is 4.99 Å². The normalized spacial score (nSPS) is 26.5. The number of hydrogen-bond donors (Lipinski definition) is 1. The number of rotatable bonds is 2. The van der Waals surface area contributed by atoms with E-state index in [0.717, 1.165) is 18.4 Å². The Morgan fingerprint density at radius 2 is 1.92 bits per heavy atom. The van der Waals surface area contributed by atoms with Crippen LogP contribution >= 0.6 is 11.6 Å². The standard InChI is InChI=1S/C18H24ClN3O2/c1-12-16(13-8-10-14(19)11-9-13)24-18(20-2)22(12)17(23)21-15-6-4-3-5-7-15/h8-12,15-16H,3-7H2,1-2H3,(H,21,23)/t12-,16+/m0/s1. The van der Waals surface area contributed by atoms with Gasteiger partial charge in [0.1, 0.15) is 6.10 Å². The van der Waals surface area contributed by atoms with Crippen LogP contribution < -0.4 is 5.32 Å². The summed E-state index contributed by atoms with van der Waals surface area (Å²) in [5.74, 6) is 0. The van der Waals surface area contributed by atoms with Gasteiger partial charge in [-0.3, -0.25) is 0 Å². The van der Waals surface area contributed by atoms with Crippen molar-refractivity contribution >= 4 is 23.7 Å². The molecule has 1 aliphatic carbocycles. The zero-order valence-corrected chi connectivity index (χ0v) is 14.9. The summed E-state index contributed by atoms with van der Waals surface area (Å²) in [6.45, 7) is 1.98. The Morgan fingerprint density at radius 1 is 1.25 bits per heavy atom. The van der Waals surface area contributed by atoms with Crippen molar-refractivity contribution in [1.29, 1.82) is 0 Å². The SMILES string of the molecule is CN=C1O[C@@H](c2ccc(Cl)cc2)[C@H](C)N1C(=O)NC1CCCCC1. The molecular weight excluding hydrogens is 326 g/mol. The largest absolute Gasteiger partial charge is 0.454 e. The Kier molecular flexibility index (Phi) is 5.29. The molecule has 0 bridgehead atoms. The van der Waals surface area contributed by atoms with Crippen LogP contribution in [0.25, 0.3) is 0 Å². The number of amidine groups is 1. The fourth-order valence-electron chi connectivity index (χ4n) is 3.50. The van der Waals surface area contributed by atoms with Crippen LogP contribution in [0, 0.1) is 0 Å². The highest BCUT2D eigenvalue weighted by Gasteiger charge is 2.42. The van der Waals surface area contributed by atoms with Crippen molar-refractivity contribution < 1.29 is 9.53 Å². The third-order valence-electron chi connectivity index (χ3n) is 4.83. The van der Waals surface area contributed by atoms with Gasteiger partial charge in [-0.05, 0) is 37.5 Å². The summed E-state index contributed by atoms with van der Waals surface area (Å²) in [5, 5.41) is 3.82. The summed E-state index contributed by atoms with van der Waals surface area (Å²) in [5.41, 5.74) is 0.987. The predicted octanol–water partition coefficient (Wildman–Crippen LogP) is 4.13. The molecule has 2 aliphatic rings. The molecule has 0 aromatic heterocycles. The molecule has 1 saturated heterocycles. The molecule has 2 amide bonds. The molecule has 0 spiro atoms. The molecule has 0 unspecified atom stereocenters. The van der Waals surface area contributed by atoms with Crippen molar-refractivity contribution in [1.82, 2.24) is 10.2 Å². The molecular formula is C18H24ClN3O2. The second-order valence-electron chi connectivity index (χ2n) is 6.49. The maximum atomic E-state index is 12.8. The van der Waals surface area contributed by atoms with Crippen LogP contribution in [0.2, 0.25) is 5.02 Å². The van der Waals surface area contributed by atoms with Crippen molar-refractivity contribution in [3.8, 4) is 0 Å². The maximum Gasteiger partial charge on any atom is 0.326 e. The fourth-order valence-corrected chi connectivity index (χ4v) is 3.63. The summed E-state index contributed by atoms with van der Waals surface area (Å²) >= 11 is 5.96. The molecule has 2 atom stereocenters. The van der Waals surface area contributed by atoms with Gasteiger partial charge in [-0.2, -0.15) is 0 Å². The topological polar surface area (TPSA) is 53.9 Å². The number of aliphatic imine (C=N–C) groups is 1. The van der Waals surface area contributed by atoms with Gasteiger partial charge < -0.3 is 10.1 Å². The lowest BCUT2D eigenvalue weighted by atomic mass is 9.96. The molecule has 0 radical (unpaired) electrons. The zero-order valence-electron chi connectivity index (χ0n) is 14.2. The summed E-state index contributed by atoms with van der Waals surface area (Å²) in [4.78, 5) is 18.6. The first-order valence-corrected chi connectivity index (χ1v) is 8.96. The van der Waals surface area contributed by atoms with E-state index in [4.69, 9.17) is 16.3 Å². The molecule has 3 rings (SSSR count). The molecule has 130 valence electrons. The summed E-state index contributed by atoms with van der Waals surface area (Å²) in [6.07, 6.45) is 5.48. The molecule has 1 N–H and O–H groups in total. The van der Waals surface area contributed by atoms with Crippen LogP contribution in [0.3, 0.4) is 0 Å². The van der Waals surface area contributed by atoms with Crippen LogP contribution in [-0.2, 0) is 4.74 Å². The zero-order chi connectivity index (χ0) is 17.1. The number of urea groups is 1. The Bertz CT molecular complexity index is 611. The number of carbonyl (C=O) groups excluding carboxylic acids is 1. The number of ether oxygens (including phenoxy) is 1. The second kappa shape index (κ2) is 7.43. The Hall–Kier alpha value is -1.75. The van der Waals surface area contributed by atoms with Gasteiger partial charge in [-0.1, -0.05) is 43.0 Å². The van der Waals surface area contributed by atoms with E-state index >= 15 is 0 Å². The number of amides is 2. The van der Waals surface area contributed by atoms with E-state index in [9.17, 15) is 4.79 Å².